The maximum absolute atomic E-state index is 16.3. The molecule has 4 aliphatic rings. The summed E-state index contributed by atoms with van der Waals surface area (Å²) >= 11 is 0. The average molecular weight is 540 g/mol. The van der Waals surface area contributed by atoms with E-state index in [0.29, 0.717) is 52.0 Å². The van der Waals surface area contributed by atoms with Crippen LogP contribution in [0.15, 0.2) is 10.9 Å². The van der Waals surface area contributed by atoms with Gasteiger partial charge in [-0.25, -0.2) is 4.39 Å². The van der Waals surface area contributed by atoms with Crippen LogP contribution in [0.2, 0.25) is 0 Å². The molecule has 2 fully saturated rings. The Labute approximate surface area is 228 Å². The molecule has 2 aliphatic carbocycles. The summed E-state index contributed by atoms with van der Waals surface area (Å²) in [6, 6.07) is 2.28. The van der Waals surface area contributed by atoms with Crippen LogP contribution in [0, 0.1) is 25.6 Å². The van der Waals surface area contributed by atoms with Crippen molar-refractivity contribution >= 4 is 5.91 Å². The second-order valence-electron chi connectivity index (χ2n) is 12.3. The van der Waals surface area contributed by atoms with Crippen molar-refractivity contribution in [2.75, 3.05) is 27.7 Å². The third kappa shape index (κ3) is 4.03. The van der Waals surface area contributed by atoms with E-state index in [4.69, 9.17) is 14.2 Å². The van der Waals surface area contributed by atoms with E-state index >= 15 is 4.39 Å². The van der Waals surface area contributed by atoms with Gasteiger partial charge in [0.15, 0.2) is 11.6 Å². The van der Waals surface area contributed by atoms with Crippen LogP contribution in [-0.2, 0) is 12.0 Å². The molecule has 39 heavy (non-hydrogen) atoms. The number of hydrogen-bond donors (Lipinski definition) is 1. The van der Waals surface area contributed by atoms with Crippen molar-refractivity contribution in [3.8, 4) is 17.2 Å². The minimum atomic E-state index is -0.975. The fourth-order valence-corrected chi connectivity index (χ4v) is 7.05. The molecule has 9 heteroatoms. The van der Waals surface area contributed by atoms with E-state index in [-0.39, 0.29) is 29.7 Å². The van der Waals surface area contributed by atoms with Crippen LogP contribution in [0.4, 0.5) is 4.39 Å². The van der Waals surface area contributed by atoms with Gasteiger partial charge in [0.05, 0.1) is 24.8 Å². The Hall–Kier alpha value is -3.07. The summed E-state index contributed by atoms with van der Waals surface area (Å²) in [7, 11) is 5.72. The fourth-order valence-electron chi connectivity index (χ4n) is 7.05. The number of aromatic nitrogens is 1. The number of aromatic amines is 1. The third-order valence-electron chi connectivity index (χ3n) is 9.55. The molecule has 1 spiro atoms. The monoisotopic (exact) mass is 539 g/mol. The summed E-state index contributed by atoms with van der Waals surface area (Å²) in [6.45, 7) is 5.94. The van der Waals surface area contributed by atoms with Crippen LogP contribution < -0.4 is 19.8 Å². The molecular weight excluding hydrogens is 501 g/mol. The van der Waals surface area contributed by atoms with Crippen molar-refractivity contribution in [2.45, 2.75) is 83.1 Å². The van der Waals surface area contributed by atoms with Crippen molar-refractivity contribution in [1.29, 1.82) is 0 Å². The first kappa shape index (κ1) is 26.2. The lowest BCUT2D eigenvalue weighted by atomic mass is 9.81. The van der Waals surface area contributed by atoms with E-state index in [9.17, 15) is 9.59 Å². The molecular formula is C30H38FN3O5. The maximum atomic E-state index is 16.3. The predicted molar refractivity (Wildman–Crippen MR) is 144 cm³/mol. The number of carbonyl (C=O) groups excluding carboxylic acids is 1. The Morgan fingerprint density at radius 2 is 1.79 bits per heavy atom. The number of benzene rings is 1. The van der Waals surface area contributed by atoms with Gasteiger partial charge in [0, 0.05) is 47.7 Å². The number of methoxy groups -OCH3 is 1. The molecule has 0 bridgehead atoms. The molecule has 0 unspecified atom stereocenters. The zero-order valence-electron chi connectivity index (χ0n) is 23.7. The van der Waals surface area contributed by atoms with Crippen molar-refractivity contribution in [3.63, 3.8) is 0 Å². The molecule has 2 saturated carbocycles. The van der Waals surface area contributed by atoms with Gasteiger partial charge < -0.3 is 29.0 Å². The summed E-state index contributed by atoms with van der Waals surface area (Å²) in [5, 5.41) is 0. The van der Waals surface area contributed by atoms with Crippen LogP contribution >= 0.6 is 0 Å². The highest BCUT2D eigenvalue weighted by Gasteiger charge is 2.57. The van der Waals surface area contributed by atoms with Gasteiger partial charge in [0.25, 0.3) is 17.3 Å². The van der Waals surface area contributed by atoms with Crippen molar-refractivity contribution in [1.82, 2.24) is 14.8 Å². The first-order chi connectivity index (χ1) is 18.5. The molecule has 0 saturated heterocycles. The number of hydrogen-bond acceptors (Lipinski definition) is 6. The lowest BCUT2D eigenvalue weighted by Gasteiger charge is -2.39. The highest BCUT2D eigenvalue weighted by Crippen LogP contribution is 2.59. The van der Waals surface area contributed by atoms with Gasteiger partial charge >= 0.3 is 0 Å². The standard InChI is InChI=1S/C30H38FN3O5/c1-16-13-21(37-6)20(27(35)32-16)14-34-15-30(11-12-30)23-22(28(34)36)17(2)25-26(24(23)31)39-29(3,38-25)18-7-9-19(10-8-18)33(4)5/h13,18-19H,7-12,14-15H2,1-6H3,(H,32,35)/t18?,19?,29-/m0/s1. The molecule has 1 aromatic heterocycles. The largest absolute Gasteiger partial charge is 0.496 e. The first-order valence-electron chi connectivity index (χ1n) is 13.9. The van der Waals surface area contributed by atoms with E-state index in [0.717, 1.165) is 38.5 Å². The quantitative estimate of drug-likeness (QED) is 0.605. The number of H-pyrrole nitrogens is 1. The summed E-state index contributed by atoms with van der Waals surface area (Å²) in [5.74, 6) is -0.697. The number of nitrogens with zero attached hydrogens (tertiary/aromatic N) is 2. The number of ether oxygens (including phenoxy) is 3. The molecule has 210 valence electrons. The number of rotatable bonds is 5. The van der Waals surface area contributed by atoms with Crippen molar-refractivity contribution < 1.29 is 23.4 Å². The first-order valence-corrected chi connectivity index (χ1v) is 13.9. The van der Waals surface area contributed by atoms with Gasteiger partial charge in [0.2, 0.25) is 5.75 Å². The molecule has 1 N–H and O–H groups in total. The van der Waals surface area contributed by atoms with E-state index < -0.39 is 17.0 Å². The lowest BCUT2D eigenvalue weighted by Crippen LogP contribution is -2.46. The number of halogens is 1. The number of carbonyl (C=O) groups is 1. The number of aryl methyl sites for hydroxylation is 1. The van der Waals surface area contributed by atoms with Crippen LogP contribution in [-0.4, -0.2) is 60.3 Å². The van der Waals surface area contributed by atoms with Gasteiger partial charge in [-0.2, -0.15) is 0 Å². The van der Waals surface area contributed by atoms with Crippen LogP contribution in [0.5, 0.6) is 17.2 Å². The fraction of sp³-hybridized carbons (Fsp3) is 0.600. The number of pyridine rings is 1. The second kappa shape index (κ2) is 8.98. The van der Waals surface area contributed by atoms with Gasteiger partial charge in [-0.1, -0.05) is 0 Å². The SMILES string of the molecule is COc1cc(C)[nH]c(=O)c1CN1CC2(CC2)c2c(F)c3c(c(C)c2C1=O)O[C@](C)(C1CCC(N(C)C)CC1)O3. The molecule has 8 nitrogen and oxygen atoms in total. The molecule has 0 radical (unpaired) electrons. The maximum Gasteiger partial charge on any atom is 0.256 e. The zero-order valence-corrected chi connectivity index (χ0v) is 23.7. The second-order valence-corrected chi connectivity index (χ2v) is 12.3. The highest BCUT2D eigenvalue weighted by molar-refractivity contribution is 6.00. The molecule has 1 aromatic carbocycles. The van der Waals surface area contributed by atoms with Crippen molar-refractivity contribution in [3.05, 3.63) is 50.2 Å². The van der Waals surface area contributed by atoms with E-state index in [1.165, 1.54) is 7.11 Å². The van der Waals surface area contributed by atoms with Crippen LogP contribution in [0.1, 0.15) is 78.2 Å². The lowest BCUT2D eigenvalue weighted by molar-refractivity contribution is -0.124. The minimum absolute atomic E-state index is 0.0845. The van der Waals surface area contributed by atoms with Gasteiger partial charge in [-0.05, 0) is 72.5 Å². The van der Waals surface area contributed by atoms with Crippen LogP contribution in [0.3, 0.4) is 0 Å². The average Bonchev–Trinajstić information content (AvgIpc) is 3.56. The van der Waals surface area contributed by atoms with E-state index in [2.05, 4.69) is 24.0 Å². The summed E-state index contributed by atoms with van der Waals surface area (Å²) in [4.78, 5) is 33.5. The molecule has 1 atom stereocenters. The van der Waals surface area contributed by atoms with Gasteiger partial charge in [-0.3, -0.25) is 9.59 Å². The van der Waals surface area contributed by atoms with Crippen molar-refractivity contribution in [2.24, 2.45) is 5.92 Å². The summed E-state index contributed by atoms with van der Waals surface area (Å²) in [5.41, 5.74) is 1.70. The molecule has 3 heterocycles. The Morgan fingerprint density at radius 1 is 1.13 bits per heavy atom. The smallest absolute Gasteiger partial charge is 0.256 e. The minimum Gasteiger partial charge on any atom is -0.496 e. The van der Waals surface area contributed by atoms with Crippen LogP contribution in [0.25, 0.3) is 0 Å². The van der Waals surface area contributed by atoms with E-state index in [1.54, 1.807) is 17.9 Å². The third-order valence-corrected chi connectivity index (χ3v) is 9.55. The highest BCUT2D eigenvalue weighted by atomic mass is 19.1. The van der Waals surface area contributed by atoms with Gasteiger partial charge in [0.1, 0.15) is 5.75 Å². The molecule has 1 amide bonds. The number of fused-ring (bicyclic) bond motifs is 3. The number of nitrogens with one attached hydrogen (secondary N) is 1. The summed E-state index contributed by atoms with van der Waals surface area (Å²) < 4.78 is 34.6. The zero-order chi connectivity index (χ0) is 27.9. The summed E-state index contributed by atoms with van der Waals surface area (Å²) in [6.07, 6.45) is 5.47. The molecule has 2 aliphatic heterocycles. The van der Waals surface area contributed by atoms with Gasteiger partial charge in [-0.15, -0.1) is 0 Å². The molecule has 6 rings (SSSR count). The number of amides is 1. The normalized spacial score (nSPS) is 26.8. The topological polar surface area (TPSA) is 84.1 Å². The van der Waals surface area contributed by atoms with E-state index in [1.807, 2.05) is 13.8 Å². The Balaban J connectivity index is 1.35. The Morgan fingerprint density at radius 3 is 2.41 bits per heavy atom. The molecule has 2 aromatic rings. The Kier molecular flexibility index (Phi) is 6.02. The predicted octanol–water partition coefficient (Wildman–Crippen LogP) is 4.43. The Bertz CT molecular complexity index is 1410.